The highest BCUT2D eigenvalue weighted by Crippen LogP contribution is 2.19. The first-order chi connectivity index (χ1) is 6.56. The van der Waals surface area contributed by atoms with Gasteiger partial charge in [0.15, 0.2) is 0 Å². The molecule has 0 unspecified atom stereocenters. The van der Waals surface area contributed by atoms with Crippen LogP contribution in [0.5, 0.6) is 0 Å². The van der Waals surface area contributed by atoms with Crippen LogP contribution >= 0.6 is 0 Å². The van der Waals surface area contributed by atoms with Gasteiger partial charge < -0.3 is 5.73 Å². The fourth-order valence-corrected chi connectivity index (χ4v) is 1.18. The lowest BCUT2D eigenvalue weighted by molar-refractivity contribution is -0.385. The molecule has 1 aromatic heterocycles. The lowest BCUT2D eigenvalue weighted by Gasteiger charge is -2.08. The van der Waals surface area contributed by atoms with E-state index in [1.807, 2.05) is 6.92 Å². The number of aromatic nitrogens is 1. The highest BCUT2D eigenvalue weighted by atomic mass is 16.6. The van der Waals surface area contributed by atoms with E-state index in [4.69, 9.17) is 5.73 Å². The van der Waals surface area contributed by atoms with Crippen LogP contribution in [0.15, 0.2) is 12.1 Å². The van der Waals surface area contributed by atoms with Crippen LogP contribution in [0.4, 0.5) is 5.69 Å². The first-order valence-corrected chi connectivity index (χ1v) is 4.43. The maximum absolute atomic E-state index is 10.5. The molecule has 0 fully saturated rings. The molecule has 5 nitrogen and oxygen atoms in total. The van der Waals surface area contributed by atoms with Crippen molar-refractivity contribution in [3.63, 3.8) is 0 Å². The molecular weight excluding hydrogens is 182 g/mol. The third-order valence-electron chi connectivity index (χ3n) is 2.10. The molecule has 1 aromatic rings. The number of rotatable bonds is 3. The molecule has 0 aromatic carbocycles. The maximum Gasteiger partial charge on any atom is 0.290 e. The van der Waals surface area contributed by atoms with Crippen molar-refractivity contribution in [2.75, 3.05) is 0 Å². The Kier molecular flexibility index (Phi) is 3.14. The Morgan fingerprint density at radius 2 is 2.29 bits per heavy atom. The minimum atomic E-state index is -0.441. The van der Waals surface area contributed by atoms with Gasteiger partial charge in [0.05, 0.1) is 10.6 Å². The second-order valence-electron chi connectivity index (χ2n) is 3.11. The largest absolute Gasteiger partial charge is 0.323 e. The zero-order valence-corrected chi connectivity index (χ0v) is 8.23. The van der Waals surface area contributed by atoms with Gasteiger partial charge in [0.25, 0.3) is 5.69 Å². The molecule has 0 bridgehead atoms. The van der Waals surface area contributed by atoms with Gasteiger partial charge in [-0.3, -0.25) is 10.1 Å². The van der Waals surface area contributed by atoms with Crippen LogP contribution in [0.2, 0.25) is 0 Å². The molecule has 0 radical (unpaired) electrons. The second kappa shape index (κ2) is 4.15. The van der Waals surface area contributed by atoms with Gasteiger partial charge in [-0.2, -0.15) is 0 Å². The summed E-state index contributed by atoms with van der Waals surface area (Å²) in [7, 11) is 0. The number of pyridine rings is 1. The molecule has 0 aliphatic carbocycles. The van der Waals surface area contributed by atoms with E-state index in [-0.39, 0.29) is 11.7 Å². The average molecular weight is 195 g/mol. The van der Waals surface area contributed by atoms with Gasteiger partial charge in [-0.05, 0) is 19.4 Å². The number of hydrogen-bond acceptors (Lipinski definition) is 4. The fourth-order valence-electron chi connectivity index (χ4n) is 1.18. The summed E-state index contributed by atoms with van der Waals surface area (Å²) in [6.07, 6.45) is 0.768. The summed E-state index contributed by atoms with van der Waals surface area (Å²) in [6, 6.07) is 2.92. The molecule has 0 aliphatic heterocycles. The highest BCUT2D eigenvalue weighted by Gasteiger charge is 2.13. The van der Waals surface area contributed by atoms with Crippen molar-refractivity contribution >= 4 is 5.69 Å². The molecule has 0 saturated carbocycles. The Labute approximate surface area is 82.1 Å². The van der Waals surface area contributed by atoms with E-state index in [1.165, 1.54) is 6.07 Å². The lowest BCUT2D eigenvalue weighted by atomic mass is 10.1. The highest BCUT2D eigenvalue weighted by molar-refractivity contribution is 5.35. The molecule has 76 valence electrons. The number of aryl methyl sites for hydroxylation is 1. The van der Waals surface area contributed by atoms with Crippen LogP contribution in [0.25, 0.3) is 0 Å². The van der Waals surface area contributed by atoms with Crippen molar-refractivity contribution in [2.45, 2.75) is 26.3 Å². The fraction of sp³-hybridized carbons (Fsp3) is 0.444. The monoisotopic (exact) mass is 195 g/mol. The molecule has 0 saturated heterocycles. The van der Waals surface area contributed by atoms with Crippen molar-refractivity contribution in [1.29, 1.82) is 0 Å². The summed E-state index contributed by atoms with van der Waals surface area (Å²) in [6.45, 7) is 3.56. The predicted octanol–water partition coefficient (Wildman–Crippen LogP) is 1.71. The number of nitro groups is 1. The van der Waals surface area contributed by atoms with Crippen LogP contribution in [0.1, 0.15) is 30.8 Å². The van der Waals surface area contributed by atoms with E-state index in [0.29, 0.717) is 11.4 Å². The van der Waals surface area contributed by atoms with E-state index in [0.717, 1.165) is 6.42 Å². The van der Waals surface area contributed by atoms with E-state index in [1.54, 1.807) is 13.0 Å². The molecule has 0 aliphatic rings. The standard InChI is InChI=1S/C9H13N3O2/c1-3-7(10)8-4-5-9(12(13)14)6(2)11-8/h4-5,7H,3,10H2,1-2H3/t7-/m0/s1. The zero-order valence-electron chi connectivity index (χ0n) is 8.23. The molecule has 0 spiro atoms. The Hall–Kier alpha value is -1.49. The number of hydrogen-bond donors (Lipinski definition) is 1. The minimum Gasteiger partial charge on any atom is -0.323 e. The molecule has 5 heteroatoms. The van der Waals surface area contributed by atoms with Gasteiger partial charge in [-0.15, -0.1) is 0 Å². The molecule has 0 amide bonds. The smallest absolute Gasteiger partial charge is 0.290 e. The first kappa shape index (κ1) is 10.6. The van der Waals surface area contributed by atoms with E-state index in [2.05, 4.69) is 4.98 Å². The Balaban J connectivity index is 3.06. The van der Waals surface area contributed by atoms with Gasteiger partial charge >= 0.3 is 0 Å². The summed E-state index contributed by atoms with van der Waals surface area (Å²) >= 11 is 0. The maximum atomic E-state index is 10.5. The molecule has 14 heavy (non-hydrogen) atoms. The molecule has 1 heterocycles. The lowest BCUT2D eigenvalue weighted by Crippen LogP contribution is -2.11. The van der Waals surface area contributed by atoms with Gasteiger partial charge in [-0.1, -0.05) is 6.92 Å². The predicted molar refractivity (Wildman–Crippen MR) is 52.8 cm³/mol. The minimum absolute atomic E-state index is 0.0389. The molecule has 2 N–H and O–H groups in total. The summed E-state index contributed by atoms with van der Waals surface area (Å²) < 4.78 is 0. The molecular formula is C9H13N3O2. The SMILES string of the molecule is CC[C@H](N)c1ccc([N+](=O)[O-])c(C)n1. The van der Waals surface area contributed by atoms with Crippen molar-refractivity contribution < 1.29 is 4.92 Å². The van der Waals surface area contributed by atoms with Crippen molar-refractivity contribution in [1.82, 2.24) is 4.98 Å². The Morgan fingerprint density at radius 1 is 1.64 bits per heavy atom. The van der Waals surface area contributed by atoms with Crippen molar-refractivity contribution in [2.24, 2.45) is 5.73 Å². The average Bonchev–Trinajstić information content (AvgIpc) is 2.15. The van der Waals surface area contributed by atoms with Gasteiger partial charge in [-0.25, -0.2) is 4.98 Å². The summed E-state index contributed by atoms with van der Waals surface area (Å²) in [5, 5.41) is 10.5. The third kappa shape index (κ3) is 2.05. The summed E-state index contributed by atoms with van der Waals surface area (Å²) in [5.74, 6) is 0. The molecule has 1 rings (SSSR count). The molecule has 1 atom stereocenters. The number of nitrogens with two attached hydrogens (primary N) is 1. The topological polar surface area (TPSA) is 82.0 Å². The van der Waals surface area contributed by atoms with Crippen molar-refractivity contribution in [3.05, 3.63) is 33.6 Å². The first-order valence-electron chi connectivity index (χ1n) is 4.43. The van der Waals surface area contributed by atoms with Crippen LogP contribution in [0.3, 0.4) is 0 Å². The van der Waals surface area contributed by atoms with Gasteiger partial charge in [0, 0.05) is 12.1 Å². The summed E-state index contributed by atoms with van der Waals surface area (Å²) in [4.78, 5) is 14.2. The van der Waals surface area contributed by atoms with Gasteiger partial charge in [0.2, 0.25) is 0 Å². The zero-order chi connectivity index (χ0) is 10.7. The number of nitrogens with zero attached hydrogens (tertiary/aromatic N) is 2. The quantitative estimate of drug-likeness (QED) is 0.588. The van der Waals surface area contributed by atoms with E-state index < -0.39 is 4.92 Å². The Morgan fingerprint density at radius 3 is 2.71 bits per heavy atom. The van der Waals surface area contributed by atoms with Crippen LogP contribution in [-0.2, 0) is 0 Å². The third-order valence-corrected chi connectivity index (χ3v) is 2.10. The normalized spacial score (nSPS) is 12.5. The summed E-state index contributed by atoms with van der Waals surface area (Å²) in [5.41, 5.74) is 6.91. The van der Waals surface area contributed by atoms with Crippen LogP contribution in [0, 0.1) is 17.0 Å². The van der Waals surface area contributed by atoms with E-state index >= 15 is 0 Å². The van der Waals surface area contributed by atoms with E-state index in [9.17, 15) is 10.1 Å². The van der Waals surface area contributed by atoms with Crippen LogP contribution in [-0.4, -0.2) is 9.91 Å². The Bertz CT molecular complexity index is 352. The van der Waals surface area contributed by atoms with Gasteiger partial charge in [0.1, 0.15) is 5.69 Å². The van der Waals surface area contributed by atoms with Crippen molar-refractivity contribution in [3.8, 4) is 0 Å². The second-order valence-corrected chi connectivity index (χ2v) is 3.11. The van der Waals surface area contributed by atoms with Crippen LogP contribution < -0.4 is 5.73 Å².